The second-order valence-electron chi connectivity index (χ2n) is 8.44. The number of carboxylic acids is 1. The molecule has 0 bridgehead atoms. The molecule has 0 aromatic rings. The van der Waals surface area contributed by atoms with Crippen molar-refractivity contribution in [1.29, 1.82) is 0 Å². The number of allylic oxidation sites excluding steroid dienone is 2. The summed E-state index contributed by atoms with van der Waals surface area (Å²) in [6.45, 7) is 10.5. The van der Waals surface area contributed by atoms with E-state index < -0.39 is 11.4 Å². The molecule has 1 N–H and O–H groups in total. The Labute approximate surface area is 151 Å². The largest absolute Gasteiger partial charge is 0.481 e. The second-order valence-corrected chi connectivity index (χ2v) is 8.44. The van der Waals surface area contributed by atoms with E-state index in [2.05, 4.69) is 13.5 Å². The van der Waals surface area contributed by atoms with E-state index in [1.807, 2.05) is 13.8 Å². The molecular formula is C21H32O4. The highest BCUT2D eigenvalue weighted by Gasteiger charge is 2.57. The Morgan fingerprint density at radius 3 is 2.64 bits per heavy atom. The molecule has 2 aliphatic rings. The zero-order chi connectivity index (χ0) is 18.8. The molecule has 140 valence electrons. The molecule has 2 aliphatic carbocycles. The lowest BCUT2D eigenvalue weighted by Crippen LogP contribution is -2.53. The van der Waals surface area contributed by atoms with Crippen molar-refractivity contribution in [2.75, 3.05) is 7.11 Å². The molecule has 0 heterocycles. The monoisotopic (exact) mass is 348 g/mol. The number of ether oxygens (including phenoxy) is 1. The quantitative estimate of drug-likeness (QED) is 0.442. The number of carbonyl (C=O) groups is 2. The molecule has 0 unspecified atom stereocenters. The number of methoxy groups -OCH3 is 1. The second kappa shape index (κ2) is 7.35. The minimum atomic E-state index is -0.656. The van der Waals surface area contributed by atoms with Crippen LogP contribution in [0.3, 0.4) is 0 Å². The van der Waals surface area contributed by atoms with Gasteiger partial charge >= 0.3 is 11.9 Å². The highest BCUT2D eigenvalue weighted by atomic mass is 16.5. The van der Waals surface area contributed by atoms with E-state index in [-0.39, 0.29) is 17.3 Å². The Morgan fingerprint density at radius 2 is 2.04 bits per heavy atom. The maximum atomic E-state index is 12.0. The summed E-state index contributed by atoms with van der Waals surface area (Å²) in [5, 5.41) is 9.86. The number of esters is 1. The van der Waals surface area contributed by atoms with Crippen molar-refractivity contribution in [3.63, 3.8) is 0 Å². The molecule has 0 spiro atoms. The molecule has 4 atom stereocenters. The zero-order valence-electron chi connectivity index (χ0n) is 16.1. The van der Waals surface area contributed by atoms with Crippen LogP contribution in [0, 0.1) is 22.7 Å². The first-order valence-corrected chi connectivity index (χ1v) is 9.31. The minimum absolute atomic E-state index is 0.0216. The van der Waals surface area contributed by atoms with Crippen LogP contribution < -0.4 is 0 Å². The molecule has 2 rings (SSSR count). The Bertz CT molecular complexity index is 591. The lowest BCUT2D eigenvalue weighted by atomic mass is 9.46. The molecule has 0 aromatic carbocycles. The van der Waals surface area contributed by atoms with Gasteiger partial charge in [-0.2, -0.15) is 0 Å². The van der Waals surface area contributed by atoms with Crippen LogP contribution >= 0.6 is 0 Å². The average molecular weight is 348 g/mol. The first kappa shape index (κ1) is 19.7. The number of fused-ring (bicyclic) bond motifs is 1. The van der Waals surface area contributed by atoms with Crippen molar-refractivity contribution < 1.29 is 19.4 Å². The van der Waals surface area contributed by atoms with E-state index in [4.69, 9.17) is 4.74 Å². The fourth-order valence-corrected chi connectivity index (χ4v) is 5.44. The fraction of sp³-hybridized carbons (Fsp3) is 0.714. The van der Waals surface area contributed by atoms with Gasteiger partial charge in [-0.05, 0) is 69.6 Å². The van der Waals surface area contributed by atoms with Gasteiger partial charge in [0.05, 0.1) is 12.5 Å². The number of rotatable bonds is 5. The normalized spacial score (nSPS) is 35.8. The van der Waals surface area contributed by atoms with Gasteiger partial charge in [-0.15, -0.1) is 0 Å². The zero-order valence-corrected chi connectivity index (χ0v) is 16.1. The average Bonchev–Trinajstić information content (AvgIpc) is 2.53. The summed E-state index contributed by atoms with van der Waals surface area (Å²) < 4.78 is 4.70. The SMILES string of the molecule is C=C1CC[C@@H]2[C@](C)(CCC[C@@]2(C)C(=O)O)[C@H]1CC/C(C)=C/C(=O)OC. The first-order chi connectivity index (χ1) is 11.6. The Kier molecular flexibility index (Phi) is 5.80. The molecule has 0 saturated heterocycles. The van der Waals surface area contributed by atoms with Gasteiger partial charge < -0.3 is 9.84 Å². The number of hydrogen-bond donors (Lipinski definition) is 1. The van der Waals surface area contributed by atoms with Gasteiger partial charge in [0.25, 0.3) is 0 Å². The maximum Gasteiger partial charge on any atom is 0.330 e. The number of carboxylic acid groups (broad SMARTS) is 1. The predicted octanol–water partition coefficient (Wildman–Crippen LogP) is 4.75. The smallest absolute Gasteiger partial charge is 0.330 e. The summed E-state index contributed by atoms with van der Waals surface area (Å²) in [4.78, 5) is 23.4. The van der Waals surface area contributed by atoms with Gasteiger partial charge in [-0.25, -0.2) is 4.79 Å². The minimum Gasteiger partial charge on any atom is -0.481 e. The third-order valence-electron chi connectivity index (χ3n) is 6.90. The molecule has 25 heavy (non-hydrogen) atoms. The molecule has 4 heteroatoms. The van der Waals surface area contributed by atoms with Crippen molar-refractivity contribution in [1.82, 2.24) is 0 Å². The van der Waals surface area contributed by atoms with Crippen LogP contribution in [0.25, 0.3) is 0 Å². The topological polar surface area (TPSA) is 63.6 Å². The predicted molar refractivity (Wildman–Crippen MR) is 98.1 cm³/mol. The van der Waals surface area contributed by atoms with Crippen LogP contribution in [0.1, 0.15) is 65.7 Å². The highest BCUT2D eigenvalue weighted by Crippen LogP contribution is 2.62. The van der Waals surface area contributed by atoms with E-state index >= 15 is 0 Å². The van der Waals surface area contributed by atoms with Gasteiger partial charge in [-0.1, -0.05) is 31.1 Å². The highest BCUT2D eigenvalue weighted by molar-refractivity contribution is 5.82. The maximum absolute atomic E-state index is 12.0. The molecule has 4 nitrogen and oxygen atoms in total. The standard InChI is InChI=1S/C21H32O4/c1-14(13-18(22)25-5)7-9-16-15(2)8-10-17-20(16,3)11-6-12-21(17,4)19(23)24/h13,16-17H,2,6-12H2,1,3-5H3,(H,23,24)/b14-13+/t16-,17+,20+,21+/m0/s1. The lowest BCUT2D eigenvalue weighted by Gasteiger charge is -2.57. The van der Waals surface area contributed by atoms with Crippen LogP contribution in [-0.2, 0) is 14.3 Å². The van der Waals surface area contributed by atoms with Crippen LogP contribution in [0.4, 0.5) is 0 Å². The van der Waals surface area contributed by atoms with E-state index in [1.165, 1.54) is 12.7 Å². The lowest BCUT2D eigenvalue weighted by molar-refractivity contribution is -0.164. The van der Waals surface area contributed by atoms with Gasteiger partial charge in [0, 0.05) is 6.08 Å². The van der Waals surface area contributed by atoms with Crippen molar-refractivity contribution in [2.24, 2.45) is 22.7 Å². The van der Waals surface area contributed by atoms with E-state index in [1.54, 1.807) is 6.08 Å². The van der Waals surface area contributed by atoms with Crippen LogP contribution in [0.15, 0.2) is 23.8 Å². The van der Waals surface area contributed by atoms with Crippen LogP contribution in [-0.4, -0.2) is 24.2 Å². The Hall–Kier alpha value is -1.58. The van der Waals surface area contributed by atoms with Crippen LogP contribution in [0.5, 0.6) is 0 Å². The fourth-order valence-electron chi connectivity index (χ4n) is 5.44. The molecular weight excluding hydrogens is 316 g/mol. The Morgan fingerprint density at radius 1 is 1.36 bits per heavy atom. The summed E-state index contributed by atoms with van der Waals surface area (Å²) in [7, 11) is 1.38. The number of aliphatic carboxylic acids is 1. The molecule has 2 fully saturated rings. The summed E-state index contributed by atoms with van der Waals surface area (Å²) in [6, 6.07) is 0. The van der Waals surface area contributed by atoms with Crippen LogP contribution in [0.2, 0.25) is 0 Å². The first-order valence-electron chi connectivity index (χ1n) is 9.31. The third-order valence-corrected chi connectivity index (χ3v) is 6.90. The van der Waals surface area contributed by atoms with Crippen molar-refractivity contribution in [2.45, 2.75) is 65.7 Å². The van der Waals surface area contributed by atoms with Crippen molar-refractivity contribution in [3.05, 3.63) is 23.8 Å². The summed E-state index contributed by atoms with van der Waals surface area (Å²) in [6.07, 6.45) is 7.89. The molecule has 0 amide bonds. The van der Waals surface area contributed by atoms with Gasteiger partial charge in [-0.3, -0.25) is 4.79 Å². The molecule has 2 saturated carbocycles. The number of carbonyl (C=O) groups excluding carboxylic acids is 1. The van der Waals surface area contributed by atoms with Gasteiger partial charge in [0.1, 0.15) is 0 Å². The van der Waals surface area contributed by atoms with E-state index in [0.29, 0.717) is 5.92 Å². The van der Waals surface area contributed by atoms with E-state index in [9.17, 15) is 14.7 Å². The Balaban J connectivity index is 2.22. The van der Waals surface area contributed by atoms with E-state index in [0.717, 1.165) is 50.5 Å². The molecule has 0 radical (unpaired) electrons. The van der Waals surface area contributed by atoms with Gasteiger partial charge in [0.2, 0.25) is 0 Å². The summed E-state index contributed by atoms with van der Waals surface area (Å²) >= 11 is 0. The summed E-state index contributed by atoms with van der Waals surface area (Å²) in [5.74, 6) is -0.477. The number of hydrogen-bond acceptors (Lipinski definition) is 3. The third kappa shape index (κ3) is 3.68. The van der Waals surface area contributed by atoms with Crippen molar-refractivity contribution in [3.8, 4) is 0 Å². The summed E-state index contributed by atoms with van der Waals surface area (Å²) in [5.41, 5.74) is 1.59. The van der Waals surface area contributed by atoms with Crippen molar-refractivity contribution >= 4 is 11.9 Å². The van der Waals surface area contributed by atoms with Gasteiger partial charge in [0.15, 0.2) is 0 Å². The molecule has 0 aliphatic heterocycles. The molecule has 0 aromatic heterocycles.